The van der Waals surface area contributed by atoms with Gasteiger partial charge in [-0.1, -0.05) is 0 Å². The van der Waals surface area contributed by atoms with Crippen LogP contribution in [0.5, 0.6) is 5.88 Å². The van der Waals surface area contributed by atoms with Crippen LogP contribution >= 0.6 is 12.4 Å². The number of carbonyl (C=O) groups is 1. The predicted octanol–water partition coefficient (Wildman–Crippen LogP) is 0.448. The van der Waals surface area contributed by atoms with Crippen molar-refractivity contribution in [2.24, 2.45) is 0 Å². The number of halogens is 1. The Morgan fingerprint density at radius 2 is 2.31 bits per heavy atom. The third-order valence-corrected chi connectivity index (χ3v) is 2.33. The zero-order valence-electron chi connectivity index (χ0n) is 8.97. The molecule has 1 aromatic heterocycles. The van der Waals surface area contributed by atoms with Gasteiger partial charge in [0, 0.05) is 19.2 Å². The number of ether oxygens (including phenoxy) is 1. The highest BCUT2D eigenvalue weighted by atomic mass is 35.5. The van der Waals surface area contributed by atoms with Crippen LogP contribution in [0, 0.1) is 0 Å². The minimum atomic E-state index is 0. The molecule has 0 atom stereocenters. The Morgan fingerprint density at radius 1 is 1.50 bits per heavy atom. The second-order valence-corrected chi connectivity index (χ2v) is 3.28. The van der Waals surface area contributed by atoms with E-state index in [1.807, 2.05) is 6.07 Å². The predicted molar refractivity (Wildman–Crippen MR) is 63.3 cm³/mol. The number of aromatic nitrogens is 1. The van der Waals surface area contributed by atoms with Crippen LogP contribution in [-0.2, 0) is 4.79 Å². The number of carbonyl (C=O) groups excluding carboxylic acids is 1. The highest BCUT2D eigenvalue weighted by Gasteiger charge is 2.19. The summed E-state index contributed by atoms with van der Waals surface area (Å²) in [4.78, 5) is 17.3. The summed E-state index contributed by atoms with van der Waals surface area (Å²) in [5.74, 6) is 0.634. The van der Waals surface area contributed by atoms with Gasteiger partial charge in [0.25, 0.3) is 0 Å². The smallest absolute Gasteiger partial charge is 0.241 e. The monoisotopic (exact) mass is 243 g/mol. The van der Waals surface area contributed by atoms with Crippen LogP contribution in [0.15, 0.2) is 18.3 Å². The number of amides is 1. The summed E-state index contributed by atoms with van der Waals surface area (Å²) in [6, 6.07) is 3.60. The van der Waals surface area contributed by atoms with Gasteiger partial charge in [0.2, 0.25) is 11.8 Å². The number of anilines is 1. The van der Waals surface area contributed by atoms with E-state index >= 15 is 0 Å². The number of piperazine rings is 1. The van der Waals surface area contributed by atoms with E-state index in [-0.39, 0.29) is 18.3 Å². The summed E-state index contributed by atoms with van der Waals surface area (Å²) in [7, 11) is 1.57. The Labute approximate surface area is 100 Å². The Kier molecular flexibility index (Phi) is 4.52. The van der Waals surface area contributed by atoms with Crippen LogP contribution < -0.4 is 15.0 Å². The molecule has 0 saturated carbocycles. The molecule has 1 aliphatic rings. The molecule has 1 fully saturated rings. The molecule has 1 saturated heterocycles. The Balaban J connectivity index is 0.00000128. The van der Waals surface area contributed by atoms with Crippen molar-refractivity contribution in [1.82, 2.24) is 10.3 Å². The molecule has 6 heteroatoms. The van der Waals surface area contributed by atoms with E-state index in [0.29, 0.717) is 19.0 Å². The maximum absolute atomic E-state index is 11.6. The number of pyridine rings is 1. The highest BCUT2D eigenvalue weighted by molar-refractivity contribution is 5.95. The number of nitrogens with one attached hydrogen (secondary N) is 1. The van der Waals surface area contributed by atoms with Crippen LogP contribution in [0.4, 0.5) is 5.69 Å². The summed E-state index contributed by atoms with van der Waals surface area (Å²) in [6.07, 6.45) is 1.65. The van der Waals surface area contributed by atoms with Crippen molar-refractivity contribution < 1.29 is 9.53 Å². The molecule has 2 rings (SSSR count). The fourth-order valence-corrected chi connectivity index (χ4v) is 1.53. The average Bonchev–Trinajstić information content (AvgIpc) is 2.30. The Hall–Kier alpha value is -1.33. The molecule has 2 heterocycles. The first kappa shape index (κ1) is 12.7. The van der Waals surface area contributed by atoms with Gasteiger partial charge in [0.05, 0.1) is 25.5 Å². The summed E-state index contributed by atoms with van der Waals surface area (Å²) >= 11 is 0. The molecule has 0 unspecified atom stereocenters. The van der Waals surface area contributed by atoms with E-state index in [4.69, 9.17) is 4.74 Å². The van der Waals surface area contributed by atoms with Crippen molar-refractivity contribution in [2.75, 3.05) is 31.6 Å². The molecule has 1 aliphatic heterocycles. The van der Waals surface area contributed by atoms with Crippen LogP contribution in [0.25, 0.3) is 0 Å². The number of hydrogen-bond acceptors (Lipinski definition) is 4. The Bertz CT molecular complexity index is 356. The minimum absolute atomic E-state index is 0. The molecular weight excluding hydrogens is 230 g/mol. The van der Waals surface area contributed by atoms with Crippen molar-refractivity contribution in [1.29, 1.82) is 0 Å². The van der Waals surface area contributed by atoms with Crippen LogP contribution in [0.2, 0.25) is 0 Å². The highest BCUT2D eigenvalue weighted by Crippen LogP contribution is 2.16. The SMILES string of the molecule is COc1ccc(N2CCNCC2=O)cn1.Cl. The second-order valence-electron chi connectivity index (χ2n) is 3.28. The lowest BCUT2D eigenvalue weighted by Crippen LogP contribution is -2.48. The first-order chi connectivity index (χ1) is 7.31. The molecule has 0 aromatic carbocycles. The third kappa shape index (κ3) is 2.62. The van der Waals surface area contributed by atoms with Crippen molar-refractivity contribution in [3.63, 3.8) is 0 Å². The zero-order valence-corrected chi connectivity index (χ0v) is 9.79. The van der Waals surface area contributed by atoms with Gasteiger partial charge in [-0.3, -0.25) is 4.79 Å². The van der Waals surface area contributed by atoms with Crippen LogP contribution in [0.3, 0.4) is 0 Å². The van der Waals surface area contributed by atoms with E-state index in [9.17, 15) is 4.79 Å². The number of nitrogens with zero attached hydrogens (tertiary/aromatic N) is 2. The second kappa shape index (κ2) is 5.67. The molecule has 0 aliphatic carbocycles. The summed E-state index contributed by atoms with van der Waals surface area (Å²) < 4.78 is 4.96. The summed E-state index contributed by atoms with van der Waals surface area (Å²) in [5.41, 5.74) is 0.822. The third-order valence-electron chi connectivity index (χ3n) is 2.33. The van der Waals surface area contributed by atoms with Gasteiger partial charge in [-0.25, -0.2) is 4.98 Å². The van der Waals surface area contributed by atoms with Gasteiger partial charge in [0.15, 0.2) is 0 Å². The molecule has 0 bridgehead atoms. The van der Waals surface area contributed by atoms with E-state index in [0.717, 1.165) is 12.2 Å². The number of methoxy groups -OCH3 is 1. The normalized spacial score (nSPS) is 15.6. The lowest BCUT2D eigenvalue weighted by Gasteiger charge is -2.27. The quantitative estimate of drug-likeness (QED) is 0.820. The molecule has 16 heavy (non-hydrogen) atoms. The molecule has 0 radical (unpaired) electrons. The first-order valence-electron chi connectivity index (χ1n) is 4.82. The molecule has 5 nitrogen and oxygen atoms in total. The van der Waals surface area contributed by atoms with E-state index in [1.54, 1.807) is 24.3 Å². The van der Waals surface area contributed by atoms with E-state index in [1.165, 1.54) is 0 Å². The topological polar surface area (TPSA) is 54.5 Å². The number of hydrogen-bond donors (Lipinski definition) is 1. The van der Waals surface area contributed by atoms with Crippen molar-refractivity contribution in [3.05, 3.63) is 18.3 Å². The average molecular weight is 244 g/mol. The molecule has 1 aromatic rings. The summed E-state index contributed by atoms with van der Waals surface area (Å²) in [6.45, 7) is 1.90. The van der Waals surface area contributed by atoms with E-state index in [2.05, 4.69) is 10.3 Å². The van der Waals surface area contributed by atoms with Crippen molar-refractivity contribution in [3.8, 4) is 5.88 Å². The van der Waals surface area contributed by atoms with Gasteiger partial charge >= 0.3 is 0 Å². The fourth-order valence-electron chi connectivity index (χ4n) is 1.53. The zero-order chi connectivity index (χ0) is 10.7. The molecule has 0 spiro atoms. The standard InChI is InChI=1S/C10H13N3O2.ClH/c1-15-9-3-2-8(6-12-9)13-5-4-11-7-10(13)14;/h2-3,6,11H,4-5,7H2,1H3;1H. The van der Waals surface area contributed by atoms with Gasteiger partial charge in [-0.05, 0) is 6.07 Å². The minimum Gasteiger partial charge on any atom is -0.481 e. The maximum Gasteiger partial charge on any atom is 0.241 e. The van der Waals surface area contributed by atoms with E-state index < -0.39 is 0 Å². The van der Waals surface area contributed by atoms with Gasteiger partial charge in [-0.2, -0.15) is 0 Å². The molecule has 1 amide bonds. The molecular formula is C10H14ClN3O2. The van der Waals surface area contributed by atoms with Crippen LogP contribution in [-0.4, -0.2) is 37.6 Å². The molecule has 1 N–H and O–H groups in total. The number of rotatable bonds is 2. The lowest BCUT2D eigenvalue weighted by atomic mass is 10.3. The first-order valence-corrected chi connectivity index (χ1v) is 4.82. The Morgan fingerprint density at radius 3 is 2.88 bits per heavy atom. The largest absolute Gasteiger partial charge is 0.481 e. The van der Waals surface area contributed by atoms with Gasteiger partial charge in [-0.15, -0.1) is 12.4 Å². The fraction of sp³-hybridized carbons (Fsp3) is 0.400. The van der Waals surface area contributed by atoms with Gasteiger partial charge < -0.3 is 15.0 Å². The van der Waals surface area contributed by atoms with Crippen molar-refractivity contribution in [2.45, 2.75) is 0 Å². The maximum atomic E-state index is 11.6. The van der Waals surface area contributed by atoms with Crippen molar-refractivity contribution >= 4 is 24.0 Å². The lowest BCUT2D eigenvalue weighted by molar-refractivity contribution is -0.118. The summed E-state index contributed by atoms with van der Waals surface area (Å²) in [5, 5.41) is 3.02. The van der Waals surface area contributed by atoms with Gasteiger partial charge in [0.1, 0.15) is 0 Å². The molecule has 88 valence electrons. The van der Waals surface area contributed by atoms with Crippen LogP contribution in [0.1, 0.15) is 0 Å².